The molecule has 168 valence electrons. The summed E-state index contributed by atoms with van der Waals surface area (Å²) in [5.41, 5.74) is -0.913. The number of amides is 2. The molecule has 2 unspecified atom stereocenters. The van der Waals surface area contributed by atoms with Gasteiger partial charge in [0.1, 0.15) is 11.9 Å². The van der Waals surface area contributed by atoms with Crippen LogP contribution in [0.15, 0.2) is 17.0 Å². The molecule has 2 atom stereocenters. The number of anilines is 1. The molecule has 0 spiro atoms. The maximum atomic E-state index is 14.1. The molecule has 9 nitrogen and oxygen atoms in total. The zero-order valence-electron chi connectivity index (χ0n) is 15.2. The standard InChI is InChI=1S/C15H15ClF4N2O7S/c1-6(13(25)26)30(28,29)10-4-9(8(17)3-7(10)16)21-14(27)22(2)11(5-12(23)24)15(18,19)20/h3-4,6,11H,5H2,1-2H3,(H,21,27)(H,23,24)(H,25,26). The summed E-state index contributed by atoms with van der Waals surface area (Å²) in [4.78, 5) is 32.8. The largest absolute Gasteiger partial charge is 0.481 e. The van der Waals surface area contributed by atoms with Gasteiger partial charge in [-0.2, -0.15) is 13.2 Å². The van der Waals surface area contributed by atoms with Crippen molar-refractivity contribution in [2.75, 3.05) is 12.4 Å². The number of carboxylic acids is 2. The number of urea groups is 1. The van der Waals surface area contributed by atoms with Crippen molar-refractivity contribution in [3.05, 3.63) is 23.0 Å². The van der Waals surface area contributed by atoms with Gasteiger partial charge in [0, 0.05) is 7.05 Å². The molecule has 3 N–H and O–H groups in total. The van der Waals surface area contributed by atoms with E-state index in [9.17, 15) is 40.4 Å². The van der Waals surface area contributed by atoms with Crippen molar-refractivity contribution in [1.82, 2.24) is 4.90 Å². The lowest BCUT2D eigenvalue weighted by Crippen LogP contribution is -2.49. The number of halogens is 5. The average molecular weight is 479 g/mol. The number of rotatable bonds is 7. The van der Waals surface area contributed by atoms with Gasteiger partial charge in [-0.1, -0.05) is 11.6 Å². The monoisotopic (exact) mass is 478 g/mol. The molecule has 0 saturated carbocycles. The maximum absolute atomic E-state index is 14.1. The summed E-state index contributed by atoms with van der Waals surface area (Å²) in [7, 11) is -4.03. The lowest BCUT2D eigenvalue weighted by Gasteiger charge is -2.29. The second-order valence-electron chi connectivity index (χ2n) is 5.98. The molecule has 1 rings (SSSR count). The molecule has 0 aliphatic heterocycles. The van der Waals surface area contributed by atoms with Crippen LogP contribution in [0.3, 0.4) is 0 Å². The average Bonchev–Trinajstić information content (AvgIpc) is 2.59. The Labute approximate surface area is 172 Å². The molecule has 15 heteroatoms. The fourth-order valence-corrected chi connectivity index (χ4v) is 3.88. The Kier molecular flexibility index (Phi) is 7.66. The summed E-state index contributed by atoms with van der Waals surface area (Å²) >= 11 is 5.65. The number of nitrogens with one attached hydrogen (secondary N) is 1. The first-order chi connectivity index (χ1) is 13.5. The van der Waals surface area contributed by atoms with Gasteiger partial charge in [-0.15, -0.1) is 0 Å². The number of hydrogen-bond donors (Lipinski definition) is 3. The number of alkyl halides is 3. The highest BCUT2D eigenvalue weighted by Crippen LogP contribution is 2.31. The van der Waals surface area contributed by atoms with Gasteiger partial charge in [0.25, 0.3) is 0 Å². The quantitative estimate of drug-likeness (QED) is 0.404. The molecule has 2 amide bonds. The lowest BCUT2D eigenvalue weighted by atomic mass is 10.2. The minimum Gasteiger partial charge on any atom is -0.481 e. The van der Waals surface area contributed by atoms with E-state index in [1.807, 2.05) is 0 Å². The third-order valence-corrected chi connectivity index (χ3v) is 6.42. The normalized spacial score (nSPS) is 14.0. The van der Waals surface area contributed by atoms with Crippen molar-refractivity contribution >= 4 is 45.1 Å². The fraction of sp³-hybridized carbons (Fsp3) is 0.400. The SMILES string of the molecule is CC(C(=O)O)S(=O)(=O)c1cc(NC(=O)N(C)C(CC(=O)O)C(F)(F)F)c(F)cc1Cl. The van der Waals surface area contributed by atoms with Gasteiger partial charge >= 0.3 is 24.1 Å². The number of benzene rings is 1. The van der Waals surface area contributed by atoms with E-state index in [1.165, 1.54) is 0 Å². The van der Waals surface area contributed by atoms with Crippen molar-refractivity contribution < 1.29 is 50.6 Å². The van der Waals surface area contributed by atoms with Crippen LogP contribution in [-0.4, -0.2) is 66.0 Å². The van der Waals surface area contributed by atoms with Crippen molar-refractivity contribution in [2.24, 2.45) is 0 Å². The molecule has 1 aromatic carbocycles. The van der Waals surface area contributed by atoms with Crippen LogP contribution in [0.25, 0.3) is 0 Å². The first-order valence-electron chi connectivity index (χ1n) is 7.78. The van der Waals surface area contributed by atoms with Crippen LogP contribution in [0.4, 0.5) is 28.0 Å². The highest BCUT2D eigenvalue weighted by molar-refractivity contribution is 7.92. The van der Waals surface area contributed by atoms with Gasteiger partial charge in [-0.25, -0.2) is 17.6 Å². The summed E-state index contributed by atoms with van der Waals surface area (Å²) in [5, 5.41) is 16.5. The molecular formula is C15H15ClF4N2O7S. The van der Waals surface area contributed by atoms with Crippen LogP contribution in [0.1, 0.15) is 13.3 Å². The third-order valence-electron chi connectivity index (χ3n) is 3.92. The highest BCUT2D eigenvalue weighted by Gasteiger charge is 2.45. The molecule has 0 aliphatic rings. The number of carbonyl (C=O) groups is 3. The smallest absolute Gasteiger partial charge is 0.409 e. The molecule has 0 aromatic heterocycles. The second kappa shape index (κ2) is 9.04. The Balaban J connectivity index is 3.32. The summed E-state index contributed by atoms with van der Waals surface area (Å²) in [6.45, 7) is 0.809. The molecule has 0 fully saturated rings. The Hall–Kier alpha value is -2.61. The van der Waals surface area contributed by atoms with E-state index in [2.05, 4.69) is 0 Å². The van der Waals surface area contributed by atoms with E-state index in [-0.39, 0.29) is 4.90 Å². The van der Waals surface area contributed by atoms with Gasteiger partial charge in [0.05, 0.1) is 22.0 Å². The minimum atomic E-state index is -5.13. The van der Waals surface area contributed by atoms with Gasteiger partial charge in [-0.05, 0) is 19.1 Å². The Morgan fingerprint density at radius 2 is 1.77 bits per heavy atom. The van der Waals surface area contributed by atoms with Gasteiger partial charge in [0.2, 0.25) is 0 Å². The van der Waals surface area contributed by atoms with Gasteiger partial charge in [-0.3, -0.25) is 9.59 Å². The van der Waals surface area contributed by atoms with Crippen LogP contribution in [0.2, 0.25) is 5.02 Å². The van der Waals surface area contributed by atoms with E-state index in [0.29, 0.717) is 19.2 Å². The van der Waals surface area contributed by atoms with Crippen molar-refractivity contribution in [2.45, 2.75) is 35.7 Å². The molecule has 30 heavy (non-hydrogen) atoms. The summed E-state index contributed by atoms with van der Waals surface area (Å²) in [6, 6.07) is -3.48. The second-order valence-corrected chi connectivity index (χ2v) is 8.63. The van der Waals surface area contributed by atoms with E-state index in [1.54, 1.807) is 5.32 Å². The van der Waals surface area contributed by atoms with E-state index in [0.717, 1.165) is 6.92 Å². The molecule has 0 radical (unpaired) electrons. The van der Waals surface area contributed by atoms with Gasteiger partial charge in [0.15, 0.2) is 15.1 Å². The number of nitrogens with zero attached hydrogens (tertiary/aromatic N) is 1. The van der Waals surface area contributed by atoms with Gasteiger partial charge < -0.3 is 20.4 Å². The van der Waals surface area contributed by atoms with E-state index < -0.39 is 73.1 Å². The Morgan fingerprint density at radius 3 is 2.20 bits per heavy atom. The lowest BCUT2D eigenvalue weighted by molar-refractivity contribution is -0.180. The Morgan fingerprint density at radius 1 is 1.23 bits per heavy atom. The fourth-order valence-electron chi connectivity index (χ4n) is 2.15. The van der Waals surface area contributed by atoms with E-state index in [4.69, 9.17) is 21.8 Å². The first-order valence-corrected chi connectivity index (χ1v) is 9.70. The van der Waals surface area contributed by atoms with Crippen LogP contribution < -0.4 is 5.32 Å². The molecular weight excluding hydrogens is 464 g/mol. The molecule has 0 heterocycles. The first kappa shape index (κ1) is 25.4. The minimum absolute atomic E-state index is 0.0454. The number of aliphatic carboxylic acids is 2. The maximum Gasteiger partial charge on any atom is 0.409 e. The van der Waals surface area contributed by atoms with Crippen LogP contribution in [0, 0.1) is 5.82 Å². The molecule has 0 bridgehead atoms. The summed E-state index contributed by atoms with van der Waals surface area (Å²) in [5.74, 6) is -4.93. The number of sulfone groups is 1. The van der Waals surface area contributed by atoms with E-state index >= 15 is 0 Å². The summed E-state index contributed by atoms with van der Waals surface area (Å²) < 4.78 is 77.8. The van der Waals surface area contributed by atoms with Crippen LogP contribution in [0.5, 0.6) is 0 Å². The highest BCUT2D eigenvalue weighted by atomic mass is 35.5. The van der Waals surface area contributed by atoms with Crippen LogP contribution >= 0.6 is 11.6 Å². The zero-order chi connectivity index (χ0) is 23.6. The zero-order valence-corrected chi connectivity index (χ0v) is 16.8. The molecule has 0 saturated heterocycles. The predicted octanol–water partition coefficient (Wildman–Crippen LogP) is 2.60. The van der Waals surface area contributed by atoms with Crippen molar-refractivity contribution in [1.29, 1.82) is 0 Å². The summed E-state index contributed by atoms with van der Waals surface area (Å²) in [6.07, 6.45) is -6.62. The number of carbonyl (C=O) groups excluding carboxylic acids is 1. The topological polar surface area (TPSA) is 141 Å². The number of hydrogen-bond acceptors (Lipinski definition) is 5. The predicted molar refractivity (Wildman–Crippen MR) is 94.6 cm³/mol. The third kappa shape index (κ3) is 5.72. The Bertz CT molecular complexity index is 968. The molecule has 0 aliphatic carbocycles. The molecule has 1 aromatic rings. The van der Waals surface area contributed by atoms with Crippen molar-refractivity contribution in [3.8, 4) is 0 Å². The van der Waals surface area contributed by atoms with Crippen molar-refractivity contribution in [3.63, 3.8) is 0 Å². The van der Waals surface area contributed by atoms with Crippen LogP contribution in [-0.2, 0) is 19.4 Å². The number of carboxylic acid groups (broad SMARTS) is 2.